The molecule has 0 saturated heterocycles. The van der Waals surface area contributed by atoms with Crippen molar-refractivity contribution in [2.75, 3.05) is 0 Å². The first-order valence-corrected chi connectivity index (χ1v) is 7.96. The van der Waals surface area contributed by atoms with Gasteiger partial charge >= 0.3 is 0 Å². The smallest absolute Gasteiger partial charge is 0.258 e. The molecular weight excluding hydrogens is 333 g/mol. The van der Waals surface area contributed by atoms with Crippen LogP contribution in [0.4, 0.5) is 0 Å². The molecule has 0 bridgehead atoms. The van der Waals surface area contributed by atoms with Gasteiger partial charge in [0, 0.05) is 16.1 Å². The average Bonchev–Trinajstić information content (AvgIpc) is 2.52. The lowest BCUT2D eigenvalue weighted by Gasteiger charge is -2.15. The number of nitrogens with one attached hydrogen (secondary N) is 2. The molecule has 1 heterocycles. The highest BCUT2D eigenvalue weighted by molar-refractivity contribution is 6.31. The van der Waals surface area contributed by atoms with Crippen molar-refractivity contribution >= 4 is 34.1 Å². The van der Waals surface area contributed by atoms with Crippen LogP contribution in [0.25, 0.3) is 10.9 Å². The maximum absolute atomic E-state index is 12.1. The summed E-state index contributed by atoms with van der Waals surface area (Å²) in [5.74, 6) is 0.559. The summed E-state index contributed by atoms with van der Waals surface area (Å²) in [6.45, 7) is 2.43. The Kier molecular flexibility index (Phi) is 4.66. The van der Waals surface area contributed by atoms with Gasteiger partial charge in [0.25, 0.3) is 5.56 Å². The van der Waals surface area contributed by atoms with Gasteiger partial charge in [0.2, 0.25) is 0 Å². The van der Waals surface area contributed by atoms with E-state index in [0.29, 0.717) is 33.3 Å². The lowest BCUT2D eigenvalue weighted by molar-refractivity contribution is 0.559. The predicted molar refractivity (Wildman–Crippen MR) is 94.1 cm³/mol. The minimum absolute atomic E-state index is 0.0315. The molecule has 2 N–H and O–H groups in total. The molecule has 1 aromatic heterocycles. The van der Waals surface area contributed by atoms with Crippen molar-refractivity contribution in [3.8, 4) is 0 Å². The molecule has 2 aromatic carbocycles. The number of fused-ring (bicyclic) bond motifs is 1. The lowest BCUT2D eigenvalue weighted by atomic mass is 10.1. The summed E-state index contributed by atoms with van der Waals surface area (Å²) in [5.41, 5.74) is 1.41. The third-order valence-electron chi connectivity index (χ3n) is 3.67. The van der Waals surface area contributed by atoms with Crippen molar-refractivity contribution in [2.45, 2.75) is 19.5 Å². The van der Waals surface area contributed by atoms with Crippen LogP contribution in [-0.4, -0.2) is 9.97 Å². The fourth-order valence-electron chi connectivity index (χ4n) is 2.43. The van der Waals surface area contributed by atoms with Gasteiger partial charge in [-0.3, -0.25) is 4.79 Å². The molecule has 0 radical (unpaired) electrons. The van der Waals surface area contributed by atoms with Gasteiger partial charge in [0.05, 0.1) is 17.4 Å². The Labute approximate surface area is 143 Å². The molecule has 0 fully saturated rings. The Morgan fingerprint density at radius 1 is 1.22 bits per heavy atom. The molecule has 118 valence electrons. The van der Waals surface area contributed by atoms with E-state index in [1.54, 1.807) is 18.2 Å². The fourth-order valence-corrected chi connectivity index (χ4v) is 2.90. The van der Waals surface area contributed by atoms with Crippen LogP contribution in [0.1, 0.15) is 24.4 Å². The Morgan fingerprint density at radius 2 is 2.00 bits per heavy atom. The van der Waals surface area contributed by atoms with E-state index in [2.05, 4.69) is 15.3 Å². The van der Waals surface area contributed by atoms with Gasteiger partial charge in [0.1, 0.15) is 5.82 Å². The van der Waals surface area contributed by atoms with Gasteiger partial charge in [0.15, 0.2) is 0 Å². The van der Waals surface area contributed by atoms with Crippen LogP contribution in [-0.2, 0) is 6.54 Å². The van der Waals surface area contributed by atoms with E-state index >= 15 is 0 Å². The molecule has 4 nitrogen and oxygen atoms in total. The Morgan fingerprint density at radius 3 is 2.78 bits per heavy atom. The van der Waals surface area contributed by atoms with Gasteiger partial charge < -0.3 is 10.3 Å². The van der Waals surface area contributed by atoms with Crippen molar-refractivity contribution in [1.29, 1.82) is 0 Å². The second-order valence-corrected chi connectivity index (χ2v) is 6.14. The van der Waals surface area contributed by atoms with E-state index in [-0.39, 0.29) is 11.6 Å². The molecule has 0 aliphatic rings. The van der Waals surface area contributed by atoms with Crippen LogP contribution in [0.3, 0.4) is 0 Å². The minimum Gasteiger partial charge on any atom is -0.309 e. The Bertz CT molecular complexity index is 908. The van der Waals surface area contributed by atoms with Crippen LogP contribution < -0.4 is 10.9 Å². The summed E-state index contributed by atoms with van der Waals surface area (Å²) in [7, 11) is 0. The summed E-state index contributed by atoms with van der Waals surface area (Å²) < 4.78 is 0. The van der Waals surface area contributed by atoms with E-state index in [9.17, 15) is 4.79 Å². The van der Waals surface area contributed by atoms with E-state index < -0.39 is 0 Å². The summed E-state index contributed by atoms with van der Waals surface area (Å²) in [5, 5.41) is 5.10. The Hall–Kier alpha value is -1.88. The summed E-state index contributed by atoms with van der Waals surface area (Å²) in [6, 6.07) is 12.7. The number of hydrogen-bond acceptors (Lipinski definition) is 3. The number of aromatic amines is 1. The first-order valence-electron chi connectivity index (χ1n) is 7.21. The second-order valence-electron chi connectivity index (χ2n) is 5.30. The first kappa shape index (κ1) is 16.0. The second kappa shape index (κ2) is 6.71. The van der Waals surface area contributed by atoms with E-state index in [4.69, 9.17) is 23.2 Å². The highest BCUT2D eigenvalue weighted by Gasteiger charge is 2.10. The molecule has 6 heteroatoms. The fraction of sp³-hybridized carbons (Fsp3) is 0.176. The maximum atomic E-state index is 12.1. The highest BCUT2D eigenvalue weighted by Crippen LogP contribution is 2.22. The SMILES string of the molecule is C[C@H](NCc1nc2cc(Cl)ccc2c(=O)[nH]1)c1ccccc1Cl. The third-order valence-corrected chi connectivity index (χ3v) is 4.24. The molecule has 0 saturated carbocycles. The molecule has 23 heavy (non-hydrogen) atoms. The monoisotopic (exact) mass is 347 g/mol. The number of rotatable bonds is 4. The maximum Gasteiger partial charge on any atom is 0.258 e. The summed E-state index contributed by atoms with van der Waals surface area (Å²) >= 11 is 12.2. The standard InChI is InChI=1S/C17H15Cl2N3O/c1-10(12-4-2-3-5-14(12)19)20-9-16-21-15-8-11(18)6-7-13(15)17(23)22-16/h2-8,10,20H,9H2,1H3,(H,21,22,23)/t10-/m0/s1. The van der Waals surface area contributed by atoms with Crippen LogP contribution >= 0.6 is 23.2 Å². The normalized spacial score (nSPS) is 12.5. The van der Waals surface area contributed by atoms with Crippen molar-refractivity contribution in [3.05, 3.63) is 74.3 Å². The predicted octanol–water partition coefficient (Wildman–Crippen LogP) is 4.08. The van der Waals surface area contributed by atoms with Crippen molar-refractivity contribution in [3.63, 3.8) is 0 Å². The third kappa shape index (κ3) is 3.55. The highest BCUT2D eigenvalue weighted by atomic mass is 35.5. The molecule has 0 unspecified atom stereocenters. The zero-order valence-electron chi connectivity index (χ0n) is 12.4. The number of halogens is 2. The number of benzene rings is 2. The van der Waals surface area contributed by atoms with Gasteiger partial charge in [-0.1, -0.05) is 41.4 Å². The Balaban J connectivity index is 1.82. The van der Waals surface area contributed by atoms with Crippen LogP contribution in [0.5, 0.6) is 0 Å². The van der Waals surface area contributed by atoms with Gasteiger partial charge in [-0.05, 0) is 36.8 Å². The molecule has 0 aliphatic carbocycles. The summed E-state index contributed by atoms with van der Waals surface area (Å²) in [6.07, 6.45) is 0. The molecule has 3 rings (SSSR count). The minimum atomic E-state index is -0.172. The van der Waals surface area contributed by atoms with Gasteiger partial charge in [-0.2, -0.15) is 0 Å². The van der Waals surface area contributed by atoms with Gasteiger partial charge in [-0.25, -0.2) is 4.98 Å². The molecular formula is C17H15Cl2N3O. The molecule has 1 atom stereocenters. The van der Waals surface area contributed by atoms with Crippen LogP contribution in [0, 0.1) is 0 Å². The van der Waals surface area contributed by atoms with E-state index in [0.717, 1.165) is 5.56 Å². The molecule has 0 spiro atoms. The largest absolute Gasteiger partial charge is 0.309 e. The van der Waals surface area contributed by atoms with Gasteiger partial charge in [-0.15, -0.1) is 0 Å². The average molecular weight is 348 g/mol. The number of nitrogens with zero attached hydrogens (tertiary/aromatic N) is 1. The van der Waals surface area contributed by atoms with Crippen LogP contribution in [0.15, 0.2) is 47.3 Å². The lowest BCUT2D eigenvalue weighted by Crippen LogP contribution is -2.22. The van der Waals surface area contributed by atoms with E-state index in [1.165, 1.54) is 0 Å². The quantitative estimate of drug-likeness (QED) is 0.747. The molecule has 0 aliphatic heterocycles. The number of aromatic nitrogens is 2. The van der Waals surface area contributed by atoms with Crippen molar-refractivity contribution in [2.24, 2.45) is 0 Å². The molecule has 0 amide bonds. The molecule has 3 aromatic rings. The van der Waals surface area contributed by atoms with Crippen molar-refractivity contribution < 1.29 is 0 Å². The topological polar surface area (TPSA) is 57.8 Å². The van der Waals surface area contributed by atoms with E-state index in [1.807, 2.05) is 31.2 Å². The number of H-pyrrole nitrogens is 1. The number of hydrogen-bond donors (Lipinski definition) is 2. The van der Waals surface area contributed by atoms with Crippen LogP contribution in [0.2, 0.25) is 10.0 Å². The first-order chi connectivity index (χ1) is 11.0. The van der Waals surface area contributed by atoms with Crippen molar-refractivity contribution in [1.82, 2.24) is 15.3 Å². The zero-order valence-corrected chi connectivity index (χ0v) is 13.9. The zero-order chi connectivity index (χ0) is 16.4. The summed E-state index contributed by atoms with van der Waals surface area (Å²) in [4.78, 5) is 19.3.